The molecule has 0 aliphatic rings. The van der Waals surface area contributed by atoms with Crippen LogP contribution in [0, 0.1) is 0 Å². The molecular weight excluding hydrogens is 799 g/mol. The Balaban J connectivity index is 8.30. The van der Waals surface area contributed by atoms with E-state index in [1.807, 2.05) is 11.3 Å². The van der Waals surface area contributed by atoms with Gasteiger partial charge in [-0.15, -0.1) is 0 Å². The van der Waals surface area contributed by atoms with Crippen LogP contribution in [0.4, 0.5) is 127 Å². The van der Waals surface area contributed by atoms with Gasteiger partial charge in [0.1, 0.15) is 0 Å². The minimum Gasteiger partial charge on any atom is -0.413 e. The van der Waals surface area contributed by atoms with Gasteiger partial charge in [0.05, 0.1) is 0 Å². The van der Waals surface area contributed by atoms with Crippen LogP contribution in [0.3, 0.4) is 0 Å². The van der Waals surface area contributed by atoms with Crippen molar-refractivity contribution in [3.63, 3.8) is 0 Å². The lowest BCUT2D eigenvalue weighted by molar-refractivity contribution is -0.498. The molecule has 0 saturated heterocycles. The van der Waals surface area contributed by atoms with Gasteiger partial charge in [-0.05, 0) is 6.92 Å². The van der Waals surface area contributed by atoms with Crippen molar-refractivity contribution in [2.45, 2.75) is 90.3 Å². The van der Waals surface area contributed by atoms with Crippen molar-refractivity contribution < 1.29 is 137 Å². The summed E-state index contributed by atoms with van der Waals surface area (Å²) in [5.41, 5.74) is -11.5. The summed E-state index contributed by atoms with van der Waals surface area (Å²) in [5.74, 6) is -100. The number of ether oxygens (including phenoxy) is 1. The van der Waals surface area contributed by atoms with Crippen LogP contribution in [-0.2, 0) is 9.53 Å². The minimum absolute atomic E-state index is 0.299. The van der Waals surface area contributed by atoms with Crippen LogP contribution < -0.4 is 0 Å². The number of alkyl halides is 29. The molecule has 0 aromatic rings. The molecule has 0 aliphatic carbocycles. The largest absolute Gasteiger partial charge is 0.460 e. The fraction of sp³-hybridized carbons (Fsp3) is 0.833. The number of rotatable bonds is 12. The van der Waals surface area contributed by atoms with E-state index in [9.17, 15) is 128 Å². The van der Waals surface area contributed by atoms with Crippen LogP contribution in [-0.4, -0.2) is 89.3 Å². The SMILES string of the molecule is C=C(C)C(=O)OC(F)(C(F)(F)C(F)(F)C(F)(F)C(F)(F)C(F)(F)C(F)(F)C(F)(F)C(F)(F)F)C(F)(F)C(F)(F)C(F)(C(F)(F)F)C(F)(F)F. The molecule has 0 aromatic carbocycles. The summed E-state index contributed by atoms with van der Waals surface area (Å²) in [6.07, 6.45) is -25.9. The molecule has 49 heavy (non-hydrogen) atoms. The second-order valence-corrected chi connectivity index (χ2v) is 9.09. The molecule has 1 atom stereocenters. The fourth-order valence-electron chi connectivity index (χ4n) is 2.84. The standard InChI is InChI=1S/C18H5F29O2/c1-3(2)4(48)49-15(38,12(32,33)6(20,21)5(19,16(39,40)41)17(42,43)44)13(34,35)10(28,29)8(24,25)7(22,23)9(26,27)11(30,31)14(36,37)18(45,46)47/h1H2,2H3. The number of hydrogen-bond donors (Lipinski definition) is 0. The maximum atomic E-state index is 15.0. The van der Waals surface area contributed by atoms with Gasteiger partial charge in [0.15, 0.2) is 0 Å². The van der Waals surface area contributed by atoms with Crippen molar-refractivity contribution in [1.29, 1.82) is 0 Å². The summed E-state index contributed by atoms with van der Waals surface area (Å²) in [4.78, 5) is 11.3. The molecule has 0 spiro atoms. The Morgan fingerprint density at radius 1 is 0.367 bits per heavy atom. The van der Waals surface area contributed by atoms with Crippen LogP contribution in [0.5, 0.6) is 0 Å². The molecule has 292 valence electrons. The highest BCUT2D eigenvalue weighted by Crippen LogP contribution is 2.69. The van der Waals surface area contributed by atoms with Gasteiger partial charge in [-0.2, -0.15) is 123 Å². The predicted octanol–water partition coefficient (Wildman–Crippen LogP) is 9.88. The maximum absolute atomic E-state index is 15.0. The summed E-state index contributed by atoms with van der Waals surface area (Å²) < 4.78 is 393. The molecule has 2 nitrogen and oxygen atoms in total. The summed E-state index contributed by atoms with van der Waals surface area (Å²) >= 11 is 0. The first-order chi connectivity index (χ1) is 20.6. The second-order valence-electron chi connectivity index (χ2n) is 9.09. The summed E-state index contributed by atoms with van der Waals surface area (Å²) in [6.45, 7) is 1.69. The Kier molecular flexibility index (Phi) is 10.7. The van der Waals surface area contributed by atoms with Gasteiger partial charge < -0.3 is 4.74 Å². The Bertz CT molecular complexity index is 1250. The number of esters is 1. The van der Waals surface area contributed by atoms with Crippen LogP contribution in [0.1, 0.15) is 6.92 Å². The van der Waals surface area contributed by atoms with Crippen molar-refractivity contribution in [3.8, 4) is 0 Å². The summed E-state index contributed by atoms with van der Waals surface area (Å²) in [5, 5.41) is 0. The number of halogens is 29. The van der Waals surface area contributed by atoms with Gasteiger partial charge in [0, 0.05) is 5.57 Å². The first kappa shape index (κ1) is 46.2. The zero-order valence-electron chi connectivity index (χ0n) is 21.5. The highest BCUT2D eigenvalue weighted by Gasteiger charge is 3.02. The molecule has 0 N–H and O–H groups in total. The predicted molar refractivity (Wildman–Crippen MR) is 91.3 cm³/mol. The van der Waals surface area contributed by atoms with Crippen LogP contribution in [0.2, 0.25) is 0 Å². The highest BCUT2D eigenvalue weighted by atomic mass is 19.4. The second kappa shape index (κ2) is 11.3. The number of carbonyl (C=O) groups is 1. The summed E-state index contributed by atoms with van der Waals surface area (Å²) in [6, 6.07) is 0. The van der Waals surface area contributed by atoms with Crippen LogP contribution in [0.15, 0.2) is 12.2 Å². The third kappa shape index (κ3) is 5.55. The normalized spacial score (nSPS) is 17.5. The third-order valence-corrected chi connectivity index (χ3v) is 5.72. The molecule has 0 aromatic heterocycles. The van der Waals surface area contributed by atoms with Crippen molar-refractivity contribution in [2.24, 2.45) is 0 Å². The van der Waals surface area contributed by atoms with Gasteiger partial charge in [-0.3, -0.25) is 0 Å². The van der Waals surface area contributed by atoms with Gasteiger partial charge in [-0.1, -0.05) is 6.58 Å². The fourth-order valence-corrected chi connectivity index (χ4v) is 2.84. The zero-order valence-corrected chi connectivity index (χ0v) is 21.5. The van der Waals surface area contributed by atoms with E-state index in [0.29, 0.717) is 0 Å². The first-order valence-electron chi connectivity index (χ1n) is 10.4. The monoisotopic (exact) mass is 804 g/mol. The van der Waals surface area contributed by atoms with Crippen LogP contribution in [0.25, 0.3) is 0 Å². The first-order valence-corrected chi connectivity index (χ1v) is 10.4. The van der Waals surface area contributed by atoms with Gasteiger partial charge in [-0.25, -0.2) is 9.18 Å². The molecule has 0 heterocycles. The minimum atomic E-state index is -9.96. The van der Waals surface area contributed by atoms with Gasteiger partial charge in [0.2, 0.25) is 0 Å². The molecule has 0 bridgehead atoms. The molecule has 0 radical (unpaired) electrons. The molecule has 31 heteroatoms. The third-order valence-electron chi connectivity index (χ3n) is 5.72. The highest BCUT2D eigenvalue weighted by molar-refractivity contribution is 5.87. The Hall–Kier alpha value is -2.82. The molecular formula is C18H5F29O2. The van der Waals surface area contributed by atoms with Gasteiger partial charge >= 0.3 is 89.3 Å². The topological polar surface area (TPSA) is 26.3 Å². The molecule has 0 aliphatic heterocycles. The average Bonchev–Trinajstić information content (AvgIpc) is 2.84. The molecule has 1 unspecified atom stereocenters. The van der Waals surface area contributed by atoms with E-state index in [0.717, 1.165) is 0 Å². The molecule has 0 amide bonds. The van der Waals surface area contributed by atoms with Crippen LogP contribution >= 0.6 is 0 Å². The van der Waals surface area contributed by atoms with Crippen molar-refractivity contribution >= 4 is 5.97 Å². The van der Waals surface area contributed by atoms with Crippen molar-refractivity contribution in [3.05, 3.63) is 12.2 Å². The van der Waals surface area contributed by atoms with Crippen molar-refractivity contribution in [1.82, 2.24) is 0 Å². The smallest absolute Gasteiger partial charge is 0.413 e. The zero-order chi connectivity index (χ0) is 40.9. The van der Waals surface area contributed by atoms with E-state index < -0.39 is 94.9 Å². The molecule has 0 saturated carbocycles. The maximum Gasteiger partial charge on any atom is 0.460 e. The van der Waals surface area contributed by atoms with E-state index in [2.05, 4.69) is 0 Å². The lowest BCUT2D eigenvalue weighted by atomic mass is 9.81. The van der Waals surface area contributed by atoms with E-state index >= 15 is 4.39 Å². The number of hydrogen-bond acceptors (Lipinski definition) is 2. The van der Waals surface area contributed by atoms with E-state index in [4.69, 9.17) is 0 Å². The van der Waals surface area contributed by atoms with E-state index in [1.165, 1.54) is 0 Å². The van der Waals surface area contributed by atoms with Gasteiger partial charge in [0.25, 0.3) is 0 Å². The lowest BCUT2D eigenvalue weighted by Crippen LogP contribution is -2.81. The van der Waals surface area contributed by atoms with E-state index in [-0.39, 0.29) is 6.92 Å². The Morgan fingerprint density at radius 2 is 0.592 bits per heavy atom. The Labute approximate surface area is 246 Å². The molecule has 0 fully saturated rings. The van der Waals surface area contributed by atoms with Crippen molar-refractivity contribution in [2.75, 3.05) is 0 Å². The summed E-state index contributed by atoms with van der Waals surface area (Å²) in [7, 11) is 0. The number of carbonyl (C=O) groups excluding carboxylic acids is 1. The average molecular weight is 804 g/mol. The lowest BCUT2D eigenvalue weighted by Gasteiger charge is -2.48. The molecule has 0 rings (SSSR count). The van der Waals surface area contributed by atoms with E-state index in [1.54, 1.807) is 0 Å². The quantitative estimate of drug-likeness (QED) is 0.112. The Morgan fingerprint density at radius 3 is 0.816 bits per heavy atom.